The number of rotatable bonds is 9. The molecule has 2 aliphatic rings. The fraction of sp³-hybridized carbons (Fsp3) is 0.304. The van der Waals surface area contributed by atoms with Crippen LogP contribution in [0.4, 0.5) is 4.39 Å². The van der Waals surface area contributed by atoms with Gasteiger partial charge in [-0.15, -0.1) is 10.2 Å². The summed E-state index contributed by atoms with van der Waals surface area (Å²) in [6.07, 6.45) is 9.24. The lowest BCUT2D eigenvalue weighted by Gasteiger charge is -2.23. The van der Waals surface area contributed by atoms with Crippen molar-refractivity contribution in [3.63, 3.8) is 0 Å². The van der Waals surface area contributed by atoms with E-state index in [2.05, 4.69) is 42.9 Å². The van der Waals surface area contributed by atoms with Crippen LogP contribution < -0.4 is 14.9 Å². The summed E-state index contributed by atoms with van der Waals surface area (Å²) >= 11 is 0. The largest absolute Gasteiger partial charge is 0.494 e. The van der Waals surface area contributed by atoms with E-state index in [4.69, 9.17) is 4.74 Å². The first-order chi connectivity index (χ1) is 18.3. The van der Waals surface area contributed by atoms with Gasteiger partial charge in [0.2, 0.25) is 0 Å². The number of benzene rings is 1. The summed E-state index contributed by atoms with van der Waals surface area (Å²) in [5.74, 6) is -0.111. The van der Waals surface area contributed by atoms with E-state index in [0.717, 1.165) is 11.3 Å². The fourth-order valence-corrected chi connectivity index (χ4v) is 5.37. The lowest BCUT2D eigenvalue weighted by molar-refractivity contribution is 0.0287. The topological polar surface area (TPSA) is 135 Å². The third-order valence-corrected chi connectivity index (χ3v) is 7.85. The molecule has 0 spiro atoms. The number of hydrogen-bond acceptors (Lipinski definition) is 10. The molecule has 198 valence electrons. The molecule has 0 saturated heterocycles. The summed E-state index contributed by atoms with van der Waals surface area (Å²) < 4.78 is 52.2. The average molecular weight is 541 g/mol. The molecule has 1 fully saturated rings. The standard InChI is InChI=1S/C23H25FN10O3S/c1-31-28-22(13-33(31)12-17-11-32-10-16(15-3-4-15)5-8-21(32)27-17)38(35,36)26-9-18-19(34-14-25-29-30-34)6-7-20(37-2)23(18)24/h5-8,10-11,13-15,26,28H,3-4,9,12H2,1-2H3. The smallest absolute Gasteiger partial charge is 0.258 e. The molecule has 1 aliphatic carbocycles. The lowest BCUT2D eigenvalue weighted by atomic mass is 10.1. The van der Waals surface area contributed by atoms with Gasteiger partial charge in [0.15, 0.2) is 16.6 Å². The van der Waals surface area contributed by atoms with Gasteiger partial charge in [-0.1, -0.05) is 6.07 Å². The van der Waals surface area contributed by atoms with Crippen molar-refractivity contribution in [1.82, 2.24) is 49.9 Å². The van der Waals surface area contributed by atoms with Gasteiger partial charge < -0.3 is 9.14 Å². The molecule has 38 heavy (non-hydrogen) atoms. The summed E-state index contributed by atoms with van der Waals surface area (Å²) in [5, 5.41) is 14.1. The van der Waals surface area contributed by atoms with Crippen LogP contribution in [0.5, 0.6) is 5.75 Å². The lowest BCUT2D eigenvalue weighted by Crippen LogP contribution is -2.40. The molecule has 3 aromatic heterocycles. The number of tetrazole rings is 1. The molecule has 1 aliphatic heterocycles. The molecule has 13 nitrogen and oxygen atoms in total. The summed E-state index contributed by atoms with van der Waals surface area (Å²) in [6, 6.07) is 7.08. The average Bonchev–Trinajstić information content (AvgIpc) is 3.27. The Bertz CT molecular complexity index is 1630. The number of imidazole rings is 1. The maximum absolute atomic E-state index is 15.1. The fourth-order valence-electron chi connectivity index (χ4n) is 4.36. The first-order valence-electron chi connectivity index (χ1n) is 11.9. The number of fused-ring (bicyclic) bond motifs is 1. The van der Waals surface area contributed by atoms with Crippen LogP contribution in [0.1, 0.15) is 35.6 Å². The molecular weight excluding hydrogens is 515 g/mol. The van der Waals surface area contributed by atoms with Gasteiger partial charge >= 0.3 is 0 Å². The molecule has 0 atom stereocenters. The minimum absolute atomic E-state index is 0.0271. The maximum Gasteiger partial charge on any atom is 0.258 e. The molecule has 1 aromatic carbocycles. The number of ether oxygens (including phenoxy) is 1. The van der Waals surface area contributed by atoms with Crippen LogP contribution in [-0.2, 0) is 23.1 Å². The zero-order valence-electron chi connectivity index (χ0n) is 20.6. The van der Waals surface area contributed by atoms with Crippen LogP contribution in [0.25, 0.3) is 11.3 Å². The molecule has 0 amide bonds. The molecule has 4 aromatic rings. The van der Waals surface area contributed by atoms with Crippen molar-refractivity contribution >= 4 is 15.7 Å². The van der Waals surface area contributed by atoms with E-state index < -0.39 is 15.8 Å². The van der Waals surface area contributed by atoms with Crippen LogP contribution >= 0.6 is 0 Å². The predicted molar refractivity (Wildman–Crippen MR) is 133 cm³/mol. The molecular formula is C23H25FN10O3S. The molecule has 0 unspecified atom stereocenters. The number of halogens is 1. The van der Waals surface area contributed by atoms with Crippen molar-refractivity contribution in [3.05, 3.63) is 76.9 Å². The highest BCUT2D eigenvalue weighted by atomic mass is 32.2. The van der Waals surface area contributed by atoms with Gasteiger partial charge in [0.25, 0.3) is 10.0 Å². The first-order valence-corrected chi connectivity index (χ1v) is 13.4. The van der Waals surface area contributed by atoms with Gasteiger partial charge in [0.1, 0.15) is 12.0 Å². The molecule has 0 radical (unpaired) electrons. The van der Waals surface area contributed by atoms with Crippen LogP contribution in [-0.4, -0.2) is 62.3 Å². The van der Waals surface area contributed by atoms with Gasteiger partial charge in [0, 0.05) is 31.5 Å². The summed E-state index contributed by atoms with van der Waals surface area (Å²) in [6.45, 7) is -0.0179. The second kappa shape index (κ2) is 9.34. The molecule has 4 heterocycles. The Morgan fingerprint density at radius 3 is 2.79 bits per heavy atom. The Balaban J connectivity index is 1.20. The maximum atomic E-state index is 15.1. The number of nitrogens with zero attached hydrogens (tertiary/aromatic N) is 8. The number of aromatic nitrogens is 6. The van der Waals surface area contributed by atoms with Crippen molar-refractivity contribution in [2.45, 2.75) is 31.8 Å². The van der Waals surface area contributed by atoms with E-state index in [-0.39, 0.29) is 28.6 Å². The number of hydrogen-bond donors (Lipinski definition) is 2. The van der Waals surface area contributed by atoms with Crippen LogP contribution in [0, 0.1) is 5.82 Å². The van der Waals surface area contributed by atoms with Gasteiger partial charge in [-0.2, -0.15) is 0 Å². The number of nitrogens with one attached hydrogen (secondary N) is 2. The van der Waals surface area contributed by atoms with Crippen LogP contribution in [0.3, 0.4) is 0 Å². The molecule has 1 saturated carbocycles. The number of pyridine rings is 1. The zero-order chi connectivity index (χ0) is 26.4. The van der Waals surface area contributed by atoms with Crippen LogP contribution in [0.2, 0.25) is 0 Å². The molecule has 15 heteroatoms. The second-order valence-electron chi connectivity index (χ2n) is 9.12. The predicted octanol–water partition coefficient (Wildman–Crippen LogP) is 1.42. The molecule has 0 bridgehead atoms. The van der Waals surface area contributed by atoms with E-state index >= 15 is 4.39 Å². The van der Waals surface area contributed by atoms with E-state index in [1.165, 1.54) is 48.8 Å². The van der Waals surface area contributed by atoms with Gasteiger partial charge in [-0.05, 0) is 52.9 Å². The Morgan fingerprint density at radius 1 is 1.21 bits per heavy atom. The normalized spacial score (nSPS) is 16.2. The summed E-state index contributed by atoms with van der Waals surface area (Å²) in [7, 11) is -1.03. The Kier molecular flexibility index (Phi) is 5.97. The third kappa shape index (κ3) is 4.55. The van der Waals surface area contributed by atoms with Crippen molar-refractivity contribution in [3.8, 4) is 11.4 Å². The molecule has 2 N–H and O–H groups in total. The molecule has 6 rings (SSSR count). The minimum atomic E-state index is -4.05. The minimum Gasteiger partial charge on any atom is -0.494 e. The van der Waals surface area contributed by atoms with Crippen molar-refractivity contribution < 1.29 is 17.5 Å². The monoisotopic (exact) mass is 540 g/mol. The Morgan fingerprint density at radius 2 is 2.05 bits per heavy atom. The van der Waals surface area contributed by atoms with Crippen LogP contribution in [0.15, 0.2) is 54.2 Å². The Labute approximate surface area is 217 Å². The van der Waals surface area contributed by atoms with E-state index in [1.54, 1.807) is 23.2 Å². The SMILES string of the molecule is COc1ccc(-n2cnnn2)c(CNS(=O)(=O)C2=CN(Cc3cn4cc(C5CC5)ccc4n3)N(C)N2)c1F. The Hall–Kier alpha value is -4.08. The van der Waals surface area contributed by atoms with Crippen molar-refractivity contribution in [2.24, 2.45) is 0 Å². The summed E-state index contributed by atoms with van der Waals surface area (Å²) in [5.41, 5.74) is 6.04. The zero-order valence-corrected chi connectivity index (χ0v) is 21.4. The quantitative estimate of drug-likeness (QED) is 0.321. The van der Waals surface area contributed by atoms with E-state index in [0.29, 0.717) is 12.5 Å². The van der Waals surface area contributed by atoms with Gasteiger partial charge in [0.05, 0.1) is 31.2 Å². The van der Waals surface area contributed by atoms with Crippen molar-refractivity contribution in [1.29, 1.82) is 0 Å². The third-order valence-electron chi connectivity index (χ3n) is 6.55. The first kappa shape index (κ1) is 24.3. The van der Waals surface area contributed by atoms with E-state index in [9.17, 15) is 8.42 Å². The highest BCUT2D eigenvalue weighted by Gasteiger charge is 2.29. The second-order valence-corrected chi connectivity index (χ2v) is 10.9. The van der Waals surface area contributed by atoms with Gasteiger partial charge in [-0.3, -0.25) is 10.4 Å². The van der Waals surface area contributed by atoms with E-state index in [1.807, 2.05) is 16.7 Å². The summed E-state index contributed by atoms with van der Waals surface area (Å²) in [4.78, 5) is 4.66. The number of hydrazine groups is 2. The number of methoxy groups -OCH3 is 1. The van der Waals surface area contributed by atoms with Gasteiger partial charge in [-0.25, -0.2) is 27.2 Å². The van der Waals surface area contributed by atoms with Crippen molar-refractivity contribution in [2.75, 3.05) is 14.2 Å². The highest BCUT2D eigenvalue weighted by molar-refractivity contribution is 7.93. The number of sulfonamides is 1. The highest BCUT2D eigenvalue weighted by Crippen LogP contribution is 2.39.